The zero-order valence-corrected chi connectivity index (χ0v) is 24.1. The maximum absolute atomic E-state index is 13.0. The first-order chi connectivity index (χ1) is 19.5. The molecule has 1 aromatic heterocycles. The van der Waals surface area contributed by atoms with Crippen LogP contribution in [0.3, 0.4) is 0 Å². The molecule has 0 bridgehead atoms. The molecule has 0 aliphatic heterocycles. The van der Waals surface area contributed by atoms with Gasteiger partial charge in [0.25, 0.3) is 0 Å². The molecule has 4 aromatic rings. The molecule has 3 aromatic carbocycles. The van der Waals surface area contributed by atoms with Gasteiger partial charge in [-0.3, -0.25) is 4.79 Å². The molecule has 0 radical (unpaired) electrons. The molecule has 5 nitrogen and oxygen atoms in total. The Labute approximate surface area is 241 Å². The minimum absolute atomic E-state index is 0.162. The van der Waals surface area contributed by atoms with Crippen molar-refractivity contribution in [3.8, 4) is 22.1 Å². The number of hydrogen-bond donors (Lipinski definition) is 0. The molecule has 2 atom stereocenters. The number of halogens is 3. The Balaban J connectivity index is 1.56. The minimum atomic E-state index is -4.39. The van der Waals surface area contributed by atoms with Gasteiger partial charge in [-0.15, -0.1) is 11.3 Å². The van der Waals surface area contributed by atoms with Crippen LogP contribution in [0.4, 0.5) is 13.2 Å². The summed E-state index contributed by atoms with van der Waals surface area (Å²) in [4.78, 5) is 17.0. The summed E-state index contributed by atoms with van der Waals surface area (Å²) < 4.78 is 56.8. The van der Waals surface area contributed by atoms with Crippen LogP contribution >= 0.6 is 11.3 Å². The van der Waals surface area contributed by atoms with Crippen LogP contribution in [0.5, 0.6) is 11.5 Å². The first kappa shape index (κ1) is 30.1. The van der Waals surface area contributed by atoms with Crippen LogP contribution in [-0.4, -0.2) is 23.7 Å². The smallest absolute Gasteiger partial charge is 0.416 e. The third-order valence-electron chi connectivity index (χ3n) is 6.37. The molecule has 0 amide bonds. The standard InChI is InChI=1S/C32H32F3NO4S/c1-5-29(37)38-19-21(3)39-27-16-15-26(17-20(27)2)40-28(18-23-9-7-6-8-10-23)30-22(4)36-31(41-30)24-11-13-25(14-12-24)32(33,34)35/h6-17,21,28H,5,18-19H2,1-4H3. The Hall–Kier alpha value is -3.85. The topological polar surface area (TPSA) is 57.7 Å². The fourth-order valence-corrected chi connectivity index (χ4v) is 5.30. The Kier molecular flexibility index (Phi) is 9.70. The van der Waals surface area contributed by atoms with Crippen LogP contribution < -0.4 is 9.47 Å². The van der Waals surface area contributed by atoms with Crippen LogP contribution in [0.1, 0.15) is 53.6 Å². The quantitative estimate of drug-likeness (QED) is 0.166. The summed E-state index contributed by atoms with van der Waals surface area (Å²) in [5.74, 6) is 1.03. The van der Waals surface area contributed by atoms with Gasteiger partial charge in [-0.1, -0.05) is 49.4 Å². The lowest BCUT2D eigenvalue weighted by Crippen LogP contribution is -2.21. The third-order valence-corrected chi connectivity index (χ3v) is 7.67. The Bertz CT molecular complexity index is 1450. The highest BCUT2D eigenvalue weighted by Gasteiger charge is 2.30. The van der Waals surface area contributed by atoms with Crippen molar-refractivity contribution in [2.24, 2.45) is 0 Å². The summed E-state index contributed by atoms with van der Waals surface area (Å²) in [7, 11) is 0. The first-order valence-corrected chi connectivity index (χ1v) is 14.1. The fourth-order valence-electron chi connectivity index (χ4n) is 4.20. The average Bonchev–Trinajstić information content (AvgIpc) is 3.34. The zero-order valence-electron chi connectivity index (χ0n) is 23.3. The molecule has 0 aliphatic carbocycles. The van der Waals surface area contributed by atoms with E-state index in [-0.39, 0.29) is 24.8 Å². The van der Waals surface area contributed by atoms with Gasteiger partial charge in [-0.25, -0.2) is 4.98 Å². The van der Waals surface area contributed by atoms with E-state index in [1.54, 1.807) is 6.92 Å². The van der Waals surface area contributed by atoms with Gasteiger partial charge < -0.3 is 14.2 Å². The number of ether oxygens (including phenoxy) is 3. The van der Waals surface area contributed by atoms with Crippen LogP contribution in [-0.2, 0) is 22.1 Å². The number of rotatable bonds is 11. The summed E-state index contributed by atoms with van der Waals surface area (Å²) in [5, 5.41) is 0.630. The van der Waals surface area contributed by atoms with E-state index in [1.807, 2.05) is 69.3 Å². The van der Waals surface area contributed by atoms with Gasteiger partial charge >= 0.3 is 12.1 Å². The molecule has 1 heterocycles. The molecule has 9 heteroatoms. The second-order valence-electron chi connectivity index (χ2n) is 9.73. The van der Waals surface area contributed by atoms with Crippen molar-refractivity contribution in [3.05, 3.63) is 100 Å². The SMILES string of the molecule is CCC(=O)OCC(C)Oc1ccc(OC(Cc2ccccc2)c2sc(-c3ccc(C(F)(F)F)cc3)nc2C)cc1C. The maximum atomic E-state index is 13.0. The zero-order chi connectivity index (χ0) is 29.6. The lowest BCUT2D eigenvalue weighted by Gasteiger charge is -2.21. The molecule has 0 spiro atoms. The van der Waals surface area contributed by atoms with Gasteiger partial charge in [0, 0.05) is 18.4 Å². The Morgan fingerprint density at radius 1 is 0.976 bits per heavy atom. The van der Waals surface area contributed by atoms with Gasteiger partial charge in [0.2, 0.25) is 0 Å². The average molecular weight is 584 g/mol. The number of benzene rings is 3. The minimum Gasteiger partial charge on any atom is -0.487 e. The van der Waals surface area contributed by atoms with Crippen molar-refractivity contribution in [2.45, 2.75) is 58.9 Å². The molecular weight excluding hydrogens is 551 g/mol. The number of aryl methyl sites for hydroxylation is 2. The van der Waals surface area contributed by atoms with Crippen molar-refractivity contribution in [1.82, 2.24) is 4.98 Å². The number of carbonyl (C=O) groups is 1. The molecular formula is C32H32F3NO4S. The van der Waals surface area contributed by atoms with E-state index in [4.69, 9.17) is 14.2 Å². The van der Waals surface area contributed by atoms with E-state index in [1.165, 1.54) is 23.5 Å². The monoisotopic (exact) mass is 583 g/mol. The number of thiazole rings is 1. The predicted octanol–water partition coefficient (Wildman–Crippen LogP) is 8.53. The summed E-state index contributed by atoms with van der Waals surface area (Å²) in [5.41, 5.74) is 2.62. The third kappa shape index (κ3) is 8.10. The highest BCUT2D eigenvalue weighted by atomic mass is 32.1. The number of hydrogen-bond acceptors (Lipinski definition) is 6. The molecule has 4 rings (SSSR count). The lowest BCUT2D eigenvalue weighted by molar-refractivity contribution is -0.145. The number of esters is 1. The van der Waals surface area contributed by atoms with Crippen LogP contribution in [0, 0.1) is 13.8 Å². The first-order valence-electron chi connectivity index (χ1n) is 13.3. The normalized spacial score (nSPS) is 13.0. The molecule has 41 heavy (non-hydrogen) atoms. The molecule has 0 fully saturated rings. The van der Waals surface area contributed by atoms with Crippen molar-refractivity contribution >= 4 is 17.3 Å². The molecule has 2 unspecified atom stereocenters. The van der Waals surface area contributed by atoms with Crippen molar-refractivity contribution in [2.75, 3.05) is 6.61 Å². The number of nitrogens with zero attached hydrogens (tertiary/aromatic N) is 1. The van der Waals surface area contributed by atoms with E-state index in [0.717, 1.165) is 33.8 Å². The summed E-state index contributed by atoms with van der Waals surface area (Å²) >= 11 is 1.41. The van der Waals surface area contributed by atoms with E-state index in [0.29, 0.717) is 34.9 Å². The van der Waals surface area contributed by atoms with Crippen molar-refractivity contribution in [1.29, 1.82) is 0 Å². The molecule has 216 valence electrons. The maximum Gasteiger partial charge on any atom is 0.416 e. The number of alkyl halides is 3. The summed E-state index contributed by atoms with van der Waals surface area (Å²) in [6, 6.07) is 20.5. The van der Waals surface area contributed by atoms with Crippen LogP contribution in [0.25, 0.3) is 10.6 Å². The van der Waals surface area contributed by atoms with Gasteiger partial charge in [0.15, 0.2) is 0 Å². The molecule has 0 saturated heterocycles. The molecule has 0 aliphatic rings. The van der Waals surface area contributed by atoms with E-state index in [9.17, 15) is 18.0 Å². The summed E-state index contributed by atoms with van der Waals surface area (Å²) in [6.45, 7) is 7.54. The largest absolute Gasteiger partial charge is 0.487 e. The highest BCUT2D eigenvalue weighted by Crippen LogP contribution is 2.38. The van der Waals surface area contributed by atoms with E-state index in [2.05, 4.69) is 4.98 Å². The molecule has 0 N–H and O–H groups in total. The van der Waals surface area contributed by atoms with Gasteiger partial charge in [-0.2, -0.15) is 13.2 Å². The van der Waals surface area contributed by atoms with Crippen molar-refractivity contribution in [3.63, 3.8) is 0 Å². The Morgan fingerprint density at radius 3 is 2.32 bits per heavy atom. The number of carbonyl (C=O) groups excluding carboxylic acids is 1. The lowest BCUT2D eigenvalue weighted by atomic mass is 10.1. The second-order valence-corrected chi connectivity index (χ2v) is 10.8. The highest BCUT2D eigenvalue weighted by molar-refractivity contribution is 7.15. The summed E-state index contributed by atoms with van der Waals surface area (Å²) in [6.07, 6.45) is -4.20. The number of aromatic nitrogens is 1. The van der Waals surface area contributed by atoms with E-state index < -0.39 is 11.7 Å². The van der Waals surface area contributed by atoms with Gasteiger partial charge in [0.1, 0.15) is 35.3 Å². The van der Waals surface area contributed by atoms with Crippen LogP contribution in [0.15, 0.2) is 72.8 Å². The molecule has 0 saturated carbocycles. The predicted molar refractivity (Wildman–Crippen MR) is 153 cm³/mol. The van der Waals surface area contributed by atoms with Crippen molar-refractivity contribution < 1.29 is 32.2 Å². The van der Waals surface area contributed by atoms with E-state index >= 15 is 0 Å². The van der Waals surface area contributed by atoms with Gasteiger partial charge in [0.05, 0.1) is 16.1 Å². The Morgan fingerprint density at radius 2 is 1.68 bits per heavy atom. The van der Waals surface area contributed by atoms with Crippen LogP contribution in [0.2, 0.25) is 0 Å². The van der Waals surface area contributed by atoms with Gasteiger partial charge in [-0.05, 0) is 62.2 Å². The second kappa shape index (κ2) is 13.2. The fraction of sp³-hybridized carbons (Fsp3) is 0.312.